The molecule has 0 aromatic carbocycles. The van der Waals surface area contributed by atoms with E-state index in [0.717, 1.165) is 19.3 Å². The first kappa shape index (κ1) is 17.1. The number of esters is 1. The number of epoxide rings is 1. The van der Waals surface area contributed by atoms with Gasteiger partial charge in [0.1, 0.15) is 12.7 Å². The summed E-state index contributed by atoms with van der Waals surface area (Å²) in [6.45, 7) is 8.22. The van der Waals surface area contributed by atoms with E-state index >= 15 is 0 Å². The number of ether oxygens (including phenoxy) is 2. The summed E-state index contributed by atoms with van der Waals surface area (Å²) in [7, 11) is 0. The van der Waals surface area contributed by atoms with E-state index in [1.165, 1.54) is 0 Å². The van der Waals surface area contributed by atoms with Crippen LogP contribution in [0.5, 0.6) is 0 Å². The van der Waals surface area contributed by atoms with E-state index in [1.807, 2.05) is 0 Å². The highest BCUT2D eigenvalue weighted by Gasteiger charge is 2.24. The van der Waals surface area contributed by atoms with Crippen LogP contribution in [0.2, 0.25) is 0 Å². The number of hydrogen-bond donors (Lipinski definition) is 2. The predicted molar refractivity (Wildman–Crippen MR) is 67.9 cm³/mol. The molecule has 1 fully saturated rings. The zero-order valence-electron chi connectivity index (χ0n) is 11.2. The molecule has 1 atom stereocenters. The third kappa shape index (κ3) is 11.6. The molecule has 0 bridgehead atoms. The summed E-state index contributed by atoms with van der Waals surface area (Å²) in [5.74, 6) is -0.337. The lowest BCUT2D eigenvalue weighted by molar-refractivity contribution is -0.139. The molecular formula is C13H24O5. The van der Waals surface area contributed by atoms with Crippen molar-refractivity contribution in [1.29, 1.82) is 0 Å². The molecule has 0 aromatic rings. The van der Waals surface area contributed by atoms with Crippen molar-refractivity contribution in [2.75, 3.05) is 13.2 Å². The Morgan fingerprint density at radius 2 is 2.11 bits per heavy atom. The quantitative estimate of drug-likeness (QED) is 0.238. The van der Waals surface area contributed by atoms with Crippen molar-refractivity contribution in [3.05, 3.63) is 12.2 Å². The Morgan fingerprint density at radius 1 is 1.50 bits per heavy atom. The zero-order valence-corrected chi connectivity index (χ0v) is 11.2. The van der Waals surface area contributed by atoms with Gasteiger partial charge in [-0.3, -0.25) is 0 Å². The van der Waals surface area contributed by atoms with Crippen molar-refractivity contribution >= 4 is 5.97 Å². The summed E-state index contributed by atoms with van der Waals surface area (Å²) < 4.78 is 9.60. The van der Waals surface area contributed by atoms with Crippen LogP contribution in [0.1, 0.15) is 39.5 Å². The Balaban J connectivity index is 0.000000331. The topological polar surface area (TPSA) is 79.3 Å². The van der Waals surface area contributed by atoms with Gasteiger partial charge in [0.2, 0.25) is 0 Å². The van der Waals surface area contributed by atoms with Crippen molar-refractivity contribution in [2.45, 2.75) is 51.9 Å². The van der Waals surface area contributed by atoms with Gasteiger partial charge < -0.3 is 19.7 Å². The molecule has 1 saturated heterocycles. The van der Waals surface area contributed by atoms with Gasteiger partial charge in [0.15, 0.2) is 6.29 Å². The average Bonchev–Trinajstić information content (AvgIpc) is 3.10. The van der Waals surface area contributed by atoms with Gasteiger partial charge >= 0.3 is 5.97 Å². The minimum absolute atomic E-state index is 0.142. The van der Waals surface area contributed by atoms with E-state index in [-0.39, 0.29) is 12.1 Å². The second-order valence-electron chi connectivity index (χ2n) is 4.31. The van der Waals surface area contributed by atoms with Crippen molar-refractivity contribution in [3.63, 3.8) is 0 Å². The number of unbranched alkanes of at least 4 members (excludes halogenated alkanes) is 2. The van der Waals surface area contributed by atoms with Crippen LogP contribution in [0.15, 0.2) is 12.2 Å². The van der Waals surface area contributed by atoms with Gasteiger partial charge in [0.05, 0.1) is 6.61 Å². The molecule has 1 aliphatic heterocycles. The first-order valence-electron chi connectivity index (χ1n) is 6.27. The molecule has 0 saturated carbocycles. The molecule has 1 aliphatic rings. The lowest BCUT2D eigenvalue weighted by atomic mass is 10.2. The van der Waals surface area contributed by atoms with Crippen molar-refractivity contribution in [1.82, 2.24) is 0 Å². The van der Waals surface area contributed by atoms with E-state index in [4.69, 9.17) is 19.7 Å². The van der Waals surface area contributed by atoms with Crippen LogP contribution in [-0.4, -0.2) is 41.8 Å². The van der Waals surface area contributed by atoms with Gasteiger partial charge in [-0.15, -0.1) is 0 Å². The molecule has 0 amide bonds. The van der Waals surface area contributed by atoms with Crippen molar-refractivity contribution in [2.24, 2.45) is 0 Å². The molecule has 0 aromatic heterocycles. The Morgan fingerprint density at radius 3 is 2.50 bits per heavy atom. The number of aliphatic hydroxyl groups is 2. The summed E-state index contributed by atoms with van der Waals surface area (Å²) in [6.07, 6.45) is 2.72. The second kappa shape index (κ2) is 10.1. The van der Waals surface area contributed by atoms with Crippen LogP contribution in [0.25, 0.3) is 0 Å². The molecule has 5 nitrogen and oxygen atoms in total. The molecule has 1 unspecified atom stereocenters. The Hall–Kier alpha value is -0.910. The number of carbonyl (C=O) groups excluding carboxylic acids is 1. The highest BCUT2D eigenvalue weighted by Crippen LogP contribution is 2.09. The normalized spacial score (nSPS) is 16.8. The van der Waals surface area contributed by atoms with Gasteiger partial charge in [-0.25, -0.2) is 4.79 Å². The van der Waals surface area contributed by atoms with Gasteiger partial charge in [0.25, 0.3) is 0 Å². The number of rotatable bonds is 7. The van der Waals surface area contributed by atoms with E-state index < -0.39 is 6.29 Å². The standard InChI is InChI=1S/C7H10O3.C6H14O2/c1-5(2)7(8)10-4-6-3-9-6;1-2-3-4-5-6(7)8/h6H,1,3-4H2,2H3;6-8H,2-5H2,1H3. The summed E-state index contributed by atoms with van der Waals surface area (Å²) >= 11 is 0. The van der Waals surface area contributed by atoms with E-state index in [9.17, 15) is 4.79 Å². The zero-order chi connectivity index (χ0) is 14.0. The van der Waals surface area contributed by atoms with Crippen LogP contribution < -0.4 is 0 Å². The average molecular weight is 260 g/mol. The lowest BCUT2D eigenvalue weighted by Gasteiger charge is -1.99. The largest absolute Gasteiger partial charge is 0.459 e. The van der Waals surface area contributed by atoms with Crippen LogP contribution in [-0.2, 0) is 14.3 Å². The molecule has 18 heavy (non-hydrogen) atoms. The molecule has 2 N–H and O–H groups in total. The van der Waals surface area contributed by atoms with E-state index in [2.05, 4.69) is 13.5 Å². The number of carbonyl (C=O) groups is 1. The maximum atomic E-state index is 10.7. The Labute approximate surface area is 108 Å². The van der Waals surface area contributed by atoms with Crippen LogP contribution in [0.3, 0.4) is 0 Å². The minimum Gasteiger partial charge on any atom is -0.459 e. The number of aliphatic hydroxyl groups excluding tert-OH is 1. The van der Waals surface area contributed by atoms with Gasteiger partial charge in [-0.05, 0) is 19.8 Å². The molecule has 1 rings (SSSR count). The Kier molecular flexibility index (Phi) is 9.55. The summed E-state index contributed by atoms with van der Waals surface area (Å²) in [6, 6.07) is 0. The molecule has 1 heterocycles. The summed E-state index contributed by atoms with van der Waals surface area (Å²) in [5.41, 5.74) is 0.431. The molecule has 106 valence electrons. The molecule has 0 spiro atoms. The number of hydrogen-bond acceptors (Lipinski definition) is 5. The summed E-state index contributed by atoms with van der Waals surface area (Å²) in [5, 5.41) is 16.7. The monoisotopic (exact) mass is 260 g/mol. The molecule has 5 heteroatoms. The molecular weight excluding hydrogens is 236 g/mol. The van der Waals surface area contributed by atoms with E-state index in [0.29, 0.717) is 25.2 Å². The third-order valence-corrected chi connectivity index (χ3v) is 2.22. The fourth-order valence-corrected chi connectivity index (χ4v) is 1.03. The van der Waals surface area contributed by atoms with Crippen LogP contribution in [0.4, 0.5) is 0 Å². The third-order valence-electron chi connectivity index (χ3n) is 2.22. The lowest BCUT2D eigenvalue weighted by Crippen LogP contribution is -2.09. The van der Waals surface area contributed by atoms with Crippen LogP contribution >= 0.6 is 0 Å². The van der Waals surface area contributed by atoms with Gasteiger partial charge in [-0.2, -0.15) is 0 Å². The molecule has 0 radical (unpaired) electrons. The fourth-order valence-electron chi connectivity index (χ4n) is 1.03. The fraction of sp³-hybridized carbons (Fsp3) is 0.769. The minimum atomic E-state index is -1.10. The SMILES string of the molecule is C=C(C)C(=O)OCC1CO1.CCCCCC(O)O. The highest BCUT2D eigenvalue weighted by atomic mass is 16.6. The van der Waals surface area contributed by atoms with Crippen LogP contribution in [0, 0.1) is 0 Å². The van der Waals surface area contributed by atoms with Crippen molar-refractivity contribution < 1.29 is 24.5 Å². The first-order valence-corrected chi connectivity index (χ1v) is 6.27. The second-order valence-corrected chi connectivity index (χ2v) is 4.31. The molecule has 0 aliphatic carbocycles. The summed E-state index contributed by atoms with van der Waals surface area (Å²) in [4.78, 5) is 10.7. The predicted octanol–water partition coefficient (Wildman–Crippen LogP) is 1.38. The first-order chi connectivity index (χ1) is 8.47. The highest BCUT2D eigenvalue weighted by molar-refractivity contribution is 5.86. The van der Waals surface area contributed by atoms with Crippen molar-refractivity contribution in [3.8, 4) is 0 Å². The maximum absolute atomic E-state index is 10.7. The Bertz CT molecular complexity index is 246. The van der Waals surface area contributed by atoms with E-state index in [1.54, 1.807) is 6.92 Å². The van der Waals surface area contributed by atoms with Gasteiger partial charge in [0, 0.05) is 5.57 Å². The maximum Gasteiger partial charge on any atom is 0.333 e. The van der Waals surface area contributed by atoms with Gasteiger partial charge in [-0.1, -0.05) is 26.3 Å². The smallest absolute Gasteiger partial charge is 0.333 e.